The molecule has 1 heterocycles. The van der Waals surface area contributed by atoms with Crippen molar-refractivity contribution in [2.75, 3.05) is 6.26 Å². The molecule has 0 aliphatic heterocycles. The summed E-state index contributed by atoms with van der Waals surface area (Å²) in [5.74, 6) is -2.85. The molecule has 1 amide bonds. The molecule has 8 nitrogen and oxygen atoms in total. The van der Waals surface area contributed by atoms with E-state index in [1.807, 2.05) is 0 Å². The van der Waals surface area contributed by atoms with Crippen molar-refractivity contribution in [3.8, 4) is 11.1 Å². The number of rotatable bonds is 6. The Balaban J connectivity index is 2.37. The number of carbonyl (C=O) groups excluding carboxylic acids is 1. The van der Waals surface area contributed by atoms with E-state index in [0.29, 0.717) is 0 Å². The van der Waals surface area contributed by atoms with E-state index in [0.717, 1.165) is 42.1 Å². The molecule has 0 aliphatic carbocycles. The van der Waals surface area contributed by atoms with Crippen LogP contribution < -0.4 is 5.56 Å². The van der Waals surface area contributed by atoms with Crippen molar-refractivity contribution in [2.24, 2.45) is 0 Å². The number of carbonyl (C=O) groups is 1. The van der Waals surface area contributed by atoms with E-state index in [9.17, 15) is 26.8 Å². The molecule has 2 rings (SSSR count). The van der Waals surface area contributed by atoms with Crippen molar-refractivity contribution < 1.29 is 32.4 Å². The number of hydrogen-bond acceptors (Lipinski definition) is 6. The van der Waals surface area contributed by atoms with Crippen LogP contribution in [0.4, 0.5) is 8.78 Å². The Hall–Kier alpha value is -2.63. The van der Waals surface area contributed by atoms with Crippen LogP contribution in [0, 0.1) is 11.6 Å². The first-order valence-electron chi connectivity index (χ1n) is 7.94. The van der Waals surface area contributed by atoms with Crippen LogP contribution in [0.1, 0.15) is 13.3 Å². The zero-order valence-electron chi connectivity index (χ0n) is 15.0. The number of sulfone groups is 1. The summed E-state index contributed by atoms with van der Waals surface area (Å²) in [5, 5.41) is 17.0. The molecule has 1 aromatic carbocycles. The molecule has 11 heteroatoms. The van der Waals surface area contributed by atoms with Gasteiger partial charge in [0, 0.05) is 30.6 Å². The maximum Gasteiger partial charge on any atom is 0.293 e. The van der Waals surface area contributed by atoms with Gasteiger partial charge < -0.3 is 4.57 Å². The van der Waals surface area contributed by atoms with E-state index in [4.69, 9.17) is 10.4 Å². The Bertz CT molecular complexity index is 1050. The smallest absolute Gasteiger partial charge is 0.293 e. The van der Waals surface area contributed by atoms with Crippen molar-refractivity contribution >= 4 is 15.7 Å². The van der Waals surface area contributed by atoms with Gasteiger partial charge in [-0.05, 0) is 31.0 Å². The molecule has 0 bridgehead atoms. The van der Waals surface area contributed by atoms with Crippen molar-refractivity contribution in [3.05, 3.63) is 58.5 Å². The minimum absolute atomic E-state index is 0.0694. The Morgan fingerprint density at radius 2 is 1.79 bits per heavy atom. The second-order valence-electron chi connectivity index (χ2n) is 6.42. The van der Waals surface area contributed by atoms with Gasteiger partial charge in [0.15, 0.2) is 14.6 Å². The number of hydrogen-bond donors (Lipinski definition) is 2. The minimum Gasteiger partial charge on any atom is -0.312 e. The second-order valence-corrected chi connectivity index (χ2v) is 8.87. The molecule has 0 aliphatic rings. The molecule has 1 aromatic heterocycles. The summed E-state index contributed by atoms with van der Waals surface area (Å²) >= 11 is 0. The van der Waals surface area contributed by atoms with Crippen molar-refractivity contribution in [2.45, 2.75) is 24.6 Å². The topological polar surface area (TPSA) is 117 Å². The van der Waals surface area contributed by atoms with Gasteiger partial charge in [0.25, 0.3) is 11.5 Å². The minimum atomic E-state index is -4.11. The number of pyridine rings is 1. The van der Waals surface area contributed by atoms with Gasteiger partial charge in [-0.3, -0.25) is 20.0 Å². The summed E-state index contributed by atoms with van der Waals surface area (Å²) in [6.45, 7) is 0.584. The van der Waals surface area contributed by atoms with E-state index in [2.05, 4.69) is 0 Å². The highest BCUT2D eigenvalue weighted by Crippen LogP contribution is 2.25. The van der Waals surface area contributed by atoms with E-state index in [1.54, 1.807) is 0 Å². The van der Waals surface area contributed by atoms with Crippen LogP contribution in [0.5, 0.6) is 0 Å². The van der Waals surface area contributed by atoms with Crippen LogP contribution in [0.2, 0.25) is 0 Å². The first kappa shape index (κ1) is 21.7. The highest BCUT2D eigenvalue weighted by atomic mass is 32.2. The van der Waals surface area contributed by atoms with Gasteiger partial charge in [-0.2, -0.15) is 0 Å². The van der Waals surface area contributed by atoms with Crippen LogP contribution >= 0.6 is 0 Å². The highest BCUT2D eigenvalue weighted by molar-refractivity contribution is 7.92. The molecule has 0 fully saturated rings. The standard InChI is InChI=1S/C17H18F2N2O6S/c1-17(28(2,26)27,16(23)21(24)25)7-8-20-10-14(19)13(9-15(20)22)11-3-5-12(18)6-4-11/h3-6,9-10,24-25H,7-8H2,1-2H3. The lowest BCUT2D eigenvalue weighted by Crippen LogP contribution is -2.50. The van der Waals surface area contributed by atoms with Crippen molar-refractivity contribution in [1.29, 1.82) is 0 Å². The second kappa shape index (κ2) is 7.78. The lowest BCUT2D eigenvalue weighted by atomic mass is 10.1. The number of nitrogens with zero attached hydrogens (tertiary/aromatic N) is 2. The quantitative estimate of drug-likeness (QED) is 0.546. The third-order valence-electron chi connectivity index (χ3n) is 4.51. The molecule has 152 valence electrons. The van der Waals surface area contributed by atoms with Crippen LogP contribution in [-0.2, 0) is 21.2 Å². The molecule has 0 saturated heterocycles. The molecular weight excluding hydrogens is 398 g/mol. The Kier molecular flexibility index (Phi) is 6.02. The Morgan fingerprint density at radius 1 is 1.21 bits per heavy atom. The first-order valence-corrected chi connectivity index (χ1v) is 9.84. The van der Waals surface area contributed by atoms with E-state index in [-0.39, 0.29) is 17.7 Å². The van der Waals surface area contributed by atoms with Gasteiger partial charge in [-0.25, -0.2) is 17.2 Å². The first-order chi connectivity index (χ1) is 12.9. The SMILES string of the molecule is CC(CCn1cc(F)c(-c2ccc(F)cc2)cc1=O)(C(=O)N(O)O)S(C)(=O)=O. The largest absolute Gasteiger partial charge is 0.312 e. The molecule has 1 unspecified atom stereocenters. The van der Waals surface area contributed by atoms with Gasteiger partial charge in [0.2, 0.25) is 0 Å². The van der Waals surface area contributed by atoms with Crippen LogP contribution in [0.25, 0.3) is 11.1 Å². The number of halogens is 2. The summed E-state index contributed by atoms with van der Waals surface area (Å²) in [5.41, 5.74) is -0.482. The summed E-state index contributed by atoms with van der Waals surface area (Å²) in [6, 6.07) is 5.78. The van der Waals surface area contributed by atoms with Crippen LogP contribution in [0.3, 0.4) is 0 Å². The average Bonchev–Trinajstić information content (AvgIpc) is 2.60. The van der Waals surface area contributed by atoms with E-state index < -0.39 is 49.3 Å². The third kappa shape index (κ3) is 4.26. The predicted molar refractivity (Wildman–Crippen MR) is 94.3 cm³/mol. The summed E-state index contributed by atoms with van der Waals surface area (Å²) in [6.07, 6.45) is 1.05. The fourth-order valence-electron chi connectivity index (χ4n) is 2.57. The molecule has 2 aromatic rings. The number of aryl methyl sites for hydroxylation is 1. The molecular formula is C17H18F2N2O6S. The van der Waals surface area contributed by atoms with Crippen LogP contribution in [-0.4, -0.2) is 45.5 Å². The van der Waals surface area contributed by atoms with E-state index in [1.165, 1.54) is 12.1 Å². The average molecular weight is 416 g/mol. The van der Waals surface area contributed by atoms with Crippen molar-refractivity contribution in [3.63, 3.8) is 0 Å². The lowest BCUT2D eigenvalue weighted by molar-refractivity contribution is -0.287. The maximum absolute atomic E-state index is 14.4. The third-order valence-corrected chi connectivity index (χ3v) is 6.53. The summed E-state index contributed by atoms with van der Waals surface area (Å²) in [4.78, 5) is 24.2. The normalized spacial score (nSPS) is 13.8. The number of benzene rings is 1. The highest BCUT2D eigenvalue weighted by Gasteiger charge is 2.46. The van der Waals surface area contributed by atoms with Crippen molar-refractivity contribution in [1.82, 2.24) is 9.79 Å². The van der Waals surface area contributed by atoms with Gasteiger partial charge in [-0.1, -0.05) is 17.4 Å². The lowest BCUT2D eigenvalue weighted by Gasteiger charge is -2.27. The Labute approximate surface area is 159 Å². The molecule has 28 heavy (non-hydrogen) atoms. The van der Waals surface area contributed by atoms with Gasteiger partial charge in [0.1, 0.15) is 11.6 Å². The monoisotopic (exact) mass is 416 g/mol. The van der Waals surface area contributed by atoms with Gasteiger partial charge >= 0.3 is 0 Å². The number of amides is 1. The summed E-state index contributed by atoms with van der Waals surface area (Å²) in [7, 11) is -4.11. The molecule has 0 spiro atoms. The molecule has 2 N–H and O–H groups in total. The number of hydroxylamine groups is 2. The van der Waals surface area contributed by atoms with Crippen LogP contribution in [0.15, 0.2) is 41.3 Å². The molecule has 1 atom stereocenters. The molecule has 0 saturated carbocycles. The fourth-order valence-corrected chi connectivity index (χ4v) is 3.43. The Morgan fingerprint density at radius 3 is 2.29 bits per heavy atom. The zero-order valence-corrected chi connectivity index (χ0v) is 15.8. The summed E-state index contributed by atoms with van der Waals surface area (Å²) < 4.78 is 50.0. The van der Waals surface area contributed by atoms with E-state index >= 15 is 0 Å². The maximum atomic E-state index is 14.4. The van der Waals surface area contributed by atoms with Gasteiger partial charge in [-0.15, -0.1) is 0 Å². The zero-order chi connectivity index (χ0) is 21.3. The molecule has 0 radical (unpaired) electrons. The number of aromatic nitrogens is 1. The van der Waals surface area contributed by atoms with Gasteiger partial charge in [0.05, 0.1) is 0 Å². The predicted octanol–water partition coefficient (Wildman–Crippen LogP) is 1.59. The fraction of sp³-hybridized carbons (Fsp3) is 0.294.